The summed E-state index contributed by atoms with van der Waals surface area (Å²) in [6, 6.07) is 11.4. The van der Waals surface area contributed by atoms with Crippen LogP contribution in [0.1, 0.15) is 36.7 Å². The summed E-state index contributed by atoms with van der Waals surface area (Å²) >= 11 is 0. The third-order valence-corrected chi connectivity index (χ3v) is 6.80. The lowest BCUT2D eigenvalue weighted by Crippen LogP contribution is -2.29. The Hall–Kier alpha value is -2.87. The van der Waals surface area contributed by atoms with E-state index in [1.165, 1.54) is 29.6 Å². The molecule has 0 fully saturated rings. The van der Waals surface area contributed by atoms with Gasteiger partial charge in [-0.1, -0.05) is 39.0 Å². The van der Waals surface area contributed by atoms with Crippen LogP contribution >= 0.6 is 0 Å². The summed E-state index contributed by atoms with van der Waals surface area (Å²) in [7, 11) is -2.51. The van der Waals surface area contributed by atoms with Crippen molar-refractivity contribution in [2.75, 3.05) is 24.6 Å². The molecule has 0 aliphatic carbocycles. The Morgan fingerprint density at radius 2 is 1.80 bits per heavy atom. The van der Waals surface area contributed by atoms with Crippen LogP contribution in [0.15, 0.2) is 47.4 Å². The van der Waals surface area contributed by atoms with Crippen LogP contribution in [0.2, 0.25) is 0 Å². The van der Waals surface area contributed by atoms with Gasteiger partial charge < -0.3 is 9.47 Å². The highest BCUT2D eigenvalue weighted by Gasteiger charge is 2.32. The monoisotopic (exact) mass is 431 g/mol. The fourth-order valence-corrected chi connectivity index (χ4v) is 4.65. The van der Waals surface area contributed by atoms with Gasteiger partial charge in [0.05, 0.1) is 17.7 Å². The smallest absolute Gasteiger partial charge is 0.342 e. The Labute approximate surface area is 176 Å². The Morgan fingerprint density at radius 3 is 2.47 bits per heavy atom. The summed E-state index contributed by atoms with van der Waals surface area (Å²) in [5.74, 6) is -0.889. The number of methoxy groups -OCH3 is 1. The number of Topliss-reactive ketones (excluding diaryl/α,β-unsaturated/α-hetero) is 1. The molecule has 0 bridgehead atoms. The predicted octanol–water partition coefficient (Wildman–Crippen LogP) is 3.22. The van der Waals surface area contributed by atoms with Crippen molar-refractivity contribution in [3.05, 3.63) is 53.6 Å². The van der Waals surface area contributed by atoms with E-state index in [9.17, 15) is 18.0 Å². The molecule has 30 heavy (non-hydrogen) atoms. The van der Waals surface area contributed by atoms with Gasteiger partial charge in [0.25, 0.3) is 10.0 Å². The van der Waals surface area contributed by atoms with Crippen molar-refractivity contribution >= 4 is 27.5 Å². The van der Waals surface area contributed by atoms with Gasteiger partial charge in [-0.25, -0.2) is 13.2 Å². The predicted molar refractivity (Wildman–Crippen MR) is 112 cm³/mol. The first-order valence-corrected chi connectivity index (χ1v) is 11.0. The average Bonchev–Trinajstić information content (AvgIpc) is 3.15. The molecule has 160 valence electrons. The standard InChI is InChI=1S/C22H25NO6S/c1-22(2,3)20(24)14-29-21(25)17-13-16(9-10-19(17)28-4)30(26,27)23-12-11-15-7-5-6-8-18(15)23/h5-10,13H,11-12,14H2,1-4H3. The number of hydrogen-bond acceptors (Lipinski definition) is 6. The lowest BCUT2D eigenvalue weighted by atomic mass is 9.91. The first kappa shape index (κ1) is 21.8. The maximum absolute atomic E-state index is 13.2. The minimum Gasteiger partial charge on any atom is -0.496 e. The summed E-state index contributed by atoms with van der Waals surface area (Å²) < 4.78 is 38.2. The van der Waals surface area contributed by atoms with E-state index < -0.39 is 28.0 Å². The number of hydrogen-bond donors (Lipinski definition) is 0. The quantitative estimate of drug-likeness (QED) is 0.653. The van der Waals surface area contributed by atoms with Crippen LogP contribution in [0.25, 0.3) is 0 Å². The molecule has 0 aromatic heterocycles. The molecule has 0 radical (unpaired) electrons. The second-order valence-electron chi connectivity index (χ2n) is 8.07. The number of carbonyl (C=O) groups excluding carboxylic acids is 2. The topological polar surface area (TPSA) is 90.0 Å². The fraction of sp³-hybridized carbons (Fsp3) is 0.364. The number of carbonyl (C=O) groups is 2. The first-order valence-electron chi connectivity index (χ1n) is 9.55. The zero-order valence-corrected chi connectivity index (χ0v) is 18.3. The number of nitrogens with zero attached hydrogens (tertiary/aromatic N) is 1. The molecule has 0 unspecified atom stereocenters. The second kappa shape index (κ2) is 8.10. The zero-order valence-electron chi connectivity index (χ0n) is 17.5. The molecule has 2 aromatic rings. The number of ether oxygens (including phenoxy) is 2. The molecule has 7 nitrogen and oxygen atoms in total. The molecular weight excluding hydrogens is 406 g/mol. The van der Waals surface area contributed by atoms with Crippen molar-refractivity contribution < 1.29 is 27.5 Å². The van der Waals surface area contributed by atoms with Crippen LogP contribution in [-0.4, -0.2) is 40.4 Å². The second-order valence-corrected chi connectivity index (χ2v) is 9.93. The highest BCUT2D eigenvalue weighted by molar-refractivity contribution is 7.92. The third-order valence-electron chi connectivity index (χ3n) is 4.99. The van der Waals surface area contributed by atoms with Crippen molar-refractivity contribution in [3.8, 4) is 5.75 Å². The Bertz CT molecular complexity index is 1090. The Morgan fingerprint density at radius 1 is 1.10 bits per heavy atom. The van der Waals surface area contributed by atoms with Gasteiger partial charge in [0.15, 0.2) is 12.4 Å². The van der Waals surface area contributed by atoms with Crippen molar-refractivity contribution in [1.82, 2.24) is 0 Å². The first-order chi connectivity index (χ1) is 14.1. The molecule has 1 aliphatic heterocycles. The van der Waals surface area contributed by atoms with E-state index in [1.54, 1.807) is 32.9 Å². The SMILES string of the molecule is COc1ccc(S(=O)(=O)N2CCc3ccccc32)cc1C(=O)OCC(=O)C(C)(C)C. The molecule has 0 atom stereocenters. The van der Waals surface area contributed by atoms with Gasteiger partial charge in [0.1, 0.15) is 11.3 Å². The van der Waals surface area contributed by atoms with Gasteiger partial charge in [0.2, 0.25) is 0 Å². The Kier molecular flexibility index (Phi) is 5.90. The molecule has 0 saturated heterocycles. The summed E-state index contributed by atoms with van der Waals surface area (Å²) in [4.78, 5) is 24.6. The van der Waals surface area contributed by atoms with Crippen molar-refractivity contribution in [3.63, 3.8) is 0 Å². The molecule has 3 rings (SSSR count). The summed E-state index contributed by atoms with van der Waals surface area (Å²) in [5.41, 5.74) is 0.884. The highest BCUT2D eigenvalue weighted by atomic mass is 32.2. The van der Waals surface area contributed by atoms with Crippen LogP contribution in [0, 0.1) is 5.41 Å². The molecule has 0 spiro atoms. The summed E-state index contributed by atoms with van der Waals surface area (Å²) in [6.45, 7) is 5.11. The van der Waals surface area contributed by atoms with Crippen LogP contribution in [0.3, 0.4) is 0 Å². The van der Waals surface area contributed by atoms with E-state index in [0.717, 1.165) is 5.56 Å². The van der Waals surface area contributed by atoms with Gasteiger partial charge in [-0.05, 0) is 36.2 Å². The lowest BCUT2D eigenvalue weighted by molar-refractivity contribution is -0.129. The van der Waals surface area contributed by atoms with Crippen molar-refractivity contribution in [2.45, 2.75) is 32.1 Å². The maximum Gasteiger partial charge on any atom is 0.342 e. The molecule has 0 saturated carbocycles. The van der Waals surface area contributed by atoms with E-state index >= 15 is 0 Å². The Balaban J connectivity index is 1.91. The lowest BCUT2D eigenvalue weighted by Gasteiger charge is -2.20. The van der Waals surface area contributed by atoms with Gasteiger partial charge in [-0.3, -0.25) is 9.10 Å². The van der Waals surface area contributed by atoms with Gasteiger partial charge >= 0.3 is 5.97 Å². The number of benzene rings is 2. The third kappa shape index (κ3) is 4.18. The fourth-order valence-electron chi connectivity index (χ4n) is 3.12. The van der Waals surface area contributed by atoms with E-state index in [4.69, 9.17) is 9.47 Å². The molecular formula is C22H25NO6S. The van der Waals surface area contributed by atoms with E-state index in [1.807, 2.05) is 12.1 Å². The normalized spacial score (nSPS) is 13.7. The van der Waals surface area contributed by atoms with E-state index in [0.29, 0.717) is 18.7 Å². The number of rotatable bonds is 6. The maximum atomic E-state index is 13.2. The zero-order chi connectivity index (χ0) is 22.1. The van der Waals surface area contributed by atoms with Crippen LogP contribution < -0.4 is 9.04 Å². The van der Waals surface area contributed by atoms with Gasteiger partial charge in [-0.2, -0.15) is 0 Å². The van der Waals surface area contributed by atoms with Crippen LogP contribution in [0.5, 0.6) is 5.75 Å². The average molecular weight is 432 g/mol. The highest BCUT2D eigenvalue weighted by Crippen LogP contribution is 2.34. The van der Waals surface area contributed by atoms with E-state index in [2.05, 4.69) is 0 Å². The summed E-state index contributed by atoms with van der Waals surface area (Å²) in [6.07, 6.45) is 0.620. The summed E-state index contributed by atoms with van der Waals surface area (Å²) in [5, 5.41) is 0. The van der Waals surface area contributed by atoms with Gasteiger partial charge in [-0.15, -0.1) is 0 Å². The number of fused-ring (bicyclic) bond motifs is 1. The minimum absolute atomic E-state index is 0.0471. The molecule has 8 heteroatoms. The van der Waals surface area contributed by atoms with E-state index in [-0.39, 0.29) is 22.0 Å². The van der Waals surface area contributed by atoms with Gasteiger partial charge in [0, 0.05) is 12.0 Å². The molecule has 0 amide bonds. The number of esters is 1. The van der Waals surface area contributed by atoms with Crippen LogP contribution in [0.4, 0.5) is 5.69 Å². The molecule has 1 aliphatic rings. The van der Waals surface area contributed by atoms with Crippen molar-refractivity contribution in [2.24, 2.45) is 5.41 Å². The van der Waals surface area contributed by atoms with Crippen molar-refractivity contribution in [1.29, 1.82) is 0 Å². The van der Waals surface area contributed by atoms with Crippen LogP contribution in [-0.2, 0) is 26.0 Å². The molecule has 2 aromatic carbocycles. The molecule has 0 N–H and O–H groups in total. The number of ketones is 1. The number of anilines is 1. The molecule has 1 heterocycles. The number of para-hydroxylation sites is 1. The largest absolute Gasteiger partial charge is 0.496 e. The minimum atomic E-state index is -3.88. The number of sulfonamides is 1.